The highest BCUT2D eigenvalue weighted by atomic mass is 32.3. The molecule has 0 radical (unpaired) electrons. The maximum absolute atomic E-state index is 8.74. The molecule has 1 heterocycles. The van der Waals surface area contributed by atoms with Crippen LogP contribution < -0.4 is 0 Å². The van der Waals surface area contributed by atoms with Crippen molar-refractivity contribution in [3.05, 3.63) is 61.0 Å². The Bertz CT molecular complexity index is 749. The van der Waals surface area contributed by atoms with Gasteiger partial charge in [-0.25, -0.2) is 0 Å². The van der Waals surface area contributed by atoms with Gasteiger partial charge >= 0.3 is 10.4 Å². The molecule has 2 N–H and O–H groups in total. The van der Waals surface area contributed by atoms with E-state index in [4.69, 9.17) is 27.0 Å². The lowest BCUT2D eigenvalue weighted by atomic mass is 10.1. The van der Waals surface area contributed by atoms with Gasteiger partial charge in [0.2, 0.25) is 0 Å². The lowest BCUT2D eigenvalue weighted by Crippen LogP contribution is -2.41. The second kappa shape index (κ2) is 15.8. The predicted octanol–water partition coefficient (Wildman–Crippen LogP) is 4.66. The first kappa shape index (κ1) is 28.1. The van der Waals surface area contributed by atoms with Crippen LogP contribution in [0.5, 0.6) is 0 Å². The zero-order valence-corrected chi connectivity index (χ0v) is 20.0. The van der Waals surface area contributed by atoms with E-state index in [0.717, 1.165) is 18.8 Å². The monoisotopic (exact) mass is 470 g/mol. The fourth-order valence-electron chi connectivity index (χ4n) is 3.40. The van der Waals surface area contributed by atoms with Gasteiger partial charge in [-0.3, -0.25) is 9.11 Å². The van der Waals surface area contributed by atoms with Crippen molar-refractivity contribution >= 4 is 10.4 Å². The summed E-state index contributed by atoms with van der Waals surface area (Å²) in [6.45, 7) is 11.2. The summed E-state index contributed by atoms with van der Waals surface area (Å²) in [5.41, 5.74) is 1.13. The van der Waals surface area contributed by atoms with Crippen LogP contribution in [0.15, 0.2) is 55.4 Å². The van der Waals surface area contributed by atoms with Crippen molar-refractivity contribution in [1.82, 2.24) is 9.80 Å². The average molecular weight is 471 g/mol. The number of unbranched alkanes of at least 4 members (excludes halogenated alkanes) is 4. The topological polar surface area (TPSA) is 99.5 Å². The fraction of sp³-hybridized carbons (Fsp3) is 0.565. The van der Waals surface area contributed by atoms with E-state index in [2.05, 4.69) is 47.8 Å². The maximum Gasteiger partial charge on any atom is 0.394 e. The van der Waals surface area contributed by atoms with Crippen LogP contribution in [0, 0.1) is 0 Å². The number of hydrogen-bond donors (Lipinski definition) is 2. The quantitative estimate of drug-likeness (QED) is 0.230. The summed E-state index contributed by atoms with van der Waals surface area (Å²) in [5.74, 6) is 0. The minimum Gasteiger partial charge on any atom is -0.365 e. The largest absolute Gasteiger partial charge is 0.394 e. The fourth-order valence-corrected chi connectivity index (χ4v) is 3.40. The number of hydrogen-bond acceptors (Lipinski definition) is 6. The molecule has 1 aromatic carbocycles. The van der Waals surface area contributed by atoms with E-state index in [1.54, 1.807) is 6.08 Å². The van der Waals surface area contributed by atoms with E-state index in [9.17, 15) is 0 Å². The molecule has 1 aromatic rings. The summed E-state index contributed by atoms with van der Waals surface area (Å²) in [6.07, 6.45) is 12.3. The lowest BCUT2D eigenvalue weighted by molar-refractivity contribution is -0.130. The summed E-state index contributed by atoms with van der Waals surface area (Å²) in [4.78, 5) is 4.61. The highest BCUT2D eigenvalue weighted by Crippen LogP contribution is 2.28. The van der Waals surface area contributed by atoms with E-state index in [0.29, 0.717) is 13.2 Å². The molecule has 182 valence electrons. The second-order valence-electron chi connectivity index (χ2n) is 7.43. The van der Waals surface area contributed by atoms with E-state index < -0.39 is 10.4 Å². The third-order valence-corrected chi connectivity index (χ3v) is 4.81. The first-order valence-electron chi connectivity index (χ1n) is 11.1. The molecule has 32 heavy (non-hydrogen) atoms. The molecule has 1 aliphatic rings. The van der Waals surface area contributed by atoms with Gasteiger partial charge in [-0.15, -0.1) is 6.58 Å². The van der Waals surface area contributed by atoms with Gasteiger partial charge in [0.1, 0.15) is 6.10 Å². The van der Waals surface area contributed by atoms with Gasteiger partial charge in [-0.05, 0) is 18.9 Å². The molecule has 8 nitrogen and oxygen atoms in total. The van der Waals surface area contributed by atoms with Crippen LogP contribution in [0.4, 0.5) is 0 Å². The minimum atomic E-state index is -4.67. The summed E-state index contributed by atoms with van der Waals surface area (Å²) in [6, 6.07) is 10.3. The Hall–Kier alpha value is -1.91. The summed E-state index contributed by atoms with van der Waals surface area (Å²) in [7, 11) is -4.67. The Morgan fingerprint density at radius 2 is 1.72 bits per heavy atom. The smallest absolute Gasteiger partial charge is 0.365 e. The number of ether oxygens (including phenoxy) is 2. The van der Waals surface area contributed by atoms with E-state index >= 15 is 0 Å². The third-order valence-electron chi connectivity index (χ3n) is 4.81. The van der Waals surface area contributed by atoms with Crippen LogP contribution >= 0.6 is 0 Å². The standard InChI is InChI=1S/C23H36N2O2.H2O4S/c1-4-7-8-9-13-16-24-17-18-25(20-24)23(26-6-3)22(27-19-5-2)21-14-11-10-12-15-21;1-5(2,3)4/h5,10-12,14-15,17-18,22-23H,2,4,6-9,13,16,19-20H2,1,3H3;(H2,1,2,3,4). The van der Waals surface area contributed by atoms with Crippen molar-refractivity contribution in [2.45, 2.75) is 58.3 Å². The van der Waals surface area contributed by atoms with E-state index in [1.807, 2.05) is 25.1 Å². The SMILES string of the molecule is C=CCOC(c1ccccc1)C(OCC)N1C=CN(CCCCCCC)C1.O=S(=O)(O)O. The molecule has 0 fully saturated rings. The Kier molecular flexibility index (Phi) is 13.9. The van der Waals surface area contributed by atoms with Crippen molar-refractivity contribution < 1.29 is 27.0 Å². The highest BCUT2D eigenvalue weighted by Gasteiger charge is 2.31. The van der Waals surface area contributed by atoms with Gasteiger partial charge in [0.05, 0.1) is 13.3 Å². The van der Waals surface area contributed by atoms with Crippen molar-refractivity contribution in [1.29, 1.82) is 0 Å². The van der Waals surface area contributed by atoms with Gasteiger partial charge in [0.25, 0.3) is 0 Å². The zero-order chi connectivity index (χ0) is 23.8. The number of nitrogens with zero attached hydrogens (tertiary/aromatic N) is 2. The van der Waals surface area contributed by atoms with Gasteiger partial charge in [0.15, 0.2) is 6.23 Å². The highest BCUT2D eigenvalue weighted by molar-refractivity contribution is 7.79. The van der Waals surface area contributed by atoms with Crippen molar-refractivity contribution in [3.63, 3.8) is 0 Å². The molecular weight excluding hydrogens is 432 g/mol. The minimum absolute atomic E-state index is 0.154. The Morgan fingerprint density at radius 1 is 1.06 bits per heavy atom. The first-order chi connectivity index (χ1) is 15.3. The molecule has 2 atom stereocenters. The van der Waals surface area contributed by atoms with Crippen LogP contribution in [0.25, 0.3) is 0 Å². The molecule has 2 rings (SSSR count). The van der Waals surface area contributed by atoms with Crippen LogP contribution in [-0.2, 0) is 19.9 Å². The van der Waals surface area contributed by atoms with Crippen molar-refractivity contribution in [2.24, 2.45) is 0 Å². The molecule has 0 saturated heterocycles. The molecule has 0 saturated carbocycles. The summed E-state index contributed by atoms with van der Waals surface area (Å²) in [5, 5.41) is 0. The van der Waals surface area contributed by atoms with Gasteiger partial charge in [0, 0.05) is 25.6 Å². The van der Waals surface area contributed by atoms with E-state index in [-0.39, 0.29) is 12.3 Å². The third kappa shape index (κ3) is 12.2. The molecule has 1 aliphatic heterocycles. The average Bonchev–Trinajstić information content (AvgIpc) is 3.21. The first-order valence-corrected chi connectivity index (χ1v) is 12.5. The Labute approximate surface area is 193 Å². The molecule has 0 aromatic heterocycles. The summed E-state index contributed by atoms with van der Waals surface area (Å²) < 4.78 is 43.8. The molecule has 0 aliphatic carbocycles. The summed E-state index contributed by atoms with van der Waals surface area (Å²) >= 11 is 0. The number of benzene rings is 1. The van der Waals surface area contributed by atoms with Crippen LogP contribution in [-0.4, -0.2) is 60.0 Å². The lowest BCUT2D eigenvalue weighted by Gasteiger charge is -2.35. The van der Waals surface area contributed by atoms with Crippen molar-refractivity contribution in [3.8, 4) is 0 Å². The van der Waals surface area contributed by atoms with Gasteiger partial charge in [-0.2, -0.15) is 8.42 Å². The molecular formula is C23H38N2O6S. The number of rotatable bonds is 14. The Morgan fingerprint density at radius 3 is 2.31 bits per heavy atom. The van der Waals surface area contributed by atoms with Gasteiger partial charge in [-0.1, -0.05) is 69.0 Å². The molecule has 2 unspecified atom stereocenters. The van der Waals surface area contributed by atoms with Gasteiger partial charge < -0.3 is 19.3 Å². The second-order valence-corrected chi connectivity index (χ2v) is 8.32. The van der Waals surface area contributed by atoms with Crippen LogP contribution in [0.3, 0.4) is 0 Å². The molecule has 0 bridgehead atoms. The normalized spacial score (nSPS) is 15.2. The molecule has 0 amide bonds. The van der Waals surface area contributed by atoms with Crippen LogP contribution in [0.1, 0.15) is 57.6 Å². The predicted molar refractivity (Wildman–Crippen MR) is 126 cm³/mol. The van der Waals surface area contributed by atoms with Crippen molar-refractivity contribution in [2.75, 3.05) is 26.4 Å². The van der Waals surface area contributed by atoms with Crippen LogP contribution in [0.2, 0.25) is 0 Å². The maximum atomic E-state index is 8.74. The Balaban J connectivity index is 0.000000920. The zero-order valence-electron chi connectivity index (χ0n) is 19.2. The molecule has 9 heteroatoms. The van der Waals surface area contributed by atoms with E-state index in [1.165, 1.54) is 32.1 Å². The molecule has 0 spiro atoms.